The molecule has 2 aromatic rings. The second kappa shape index (κ2) is 9.22. The van der Waals surface area contributed by atoms with Crippen molar-refractivity contribution in [2.75, 3.05) is 25.5 Å². The molecule has 0 aliphatic carbocycles. The molecule has 0 aliphatic rings. The van der Waals surface area contributed by atoms with Crippen LogP contribution in [-0.4, -0.2) is 49.1 Å². The van der Waals surface area contributed by atoms with Crippen LogP contribution in [0.25, 0.3) is 0 Å². The summed E-state index contributed by atoms with van der Waals surface area (Å²) in [6.45, 7) is -0.571. The van der Waals surface area contributed by atoms with Crippen molar-refractivity contribution >= 4 is 34.7 Å². The lowest BCUT2D eigenvalue weighted by atomic mass is 10.3. The Hall–Kier alpha value is -3.08. The van der Waals surface area contributed by atoms with Crippen molar-refractivity contribution in [3.8, 4) is 5.75 Å². The summed E-state index contributed by atoms with van der Waals surface area (Å²) in [6.07, 6.45) is -4.80. The standard InChI is InChI=1S/C17H16F3N3O4S/c1-23(15(25)9-21-16(26)13-3-2-8-28-13)10-14(24)22-11-4-6-12(7-5-11)27-17(18,19)20/h2-8H,9-10H2,1H3,(H,21,26)(H,22,24). The van der Waals surface area contributed by atoms with E-state index in [2.05, 4.69) is 15.4 Å². The highest BCUT2D eigenvalue weighted by molar-refractivity contribution is 7.12. The highest BCUT2D eigenvalue weighted by Crippen LogP contribution is 2.23. The van der Waals surface area contributed by atoms with Gasteiger partial charge in [0, 0.05) is 12.7 Å². The third-order valence-corrected chi connectivity index (χ3v) is 4.19. The summed E-state index contributed by atoms with van der Waals surface area (Å²) >= 11 is 1.23. The normalized spacial score (nSPS) is 10.9. The molecule has 0 saturated heterocycles. The Balaban J connectivity index is 1.78. The predicted molar refractivity (Wildman–Crippen MR) is 96.0 cm³/mol. The zero-order chi connectivity index (χ0) is 20.7. The first-order chi connectivity index (χ1) is 13.1. The number of thiophene rings is 1. The van der Waals surface area contributed by atoms with Crippen molar-refractivity contribution in [2.24, 2.45) is 0 Å². The molecule has 0 atom stereocenters. The number of alkyl halides is 3. The zero-order valence-electron chi connectivity index (χ0n) is 14.6. The fourth-order valence-corrected chi connectivity index (χ4v) is 2.67. The van der Waals surface area contributed by atoms with E-state index in [0.29, 0.717) is 4.88 Å². The van der Waals surface area contributed by atoms with Crippen LogP contribution < -0.4 is 15.4 Å². The number of carbonyl (C=O) groups is 3. The number of ether oxygens (including phenoxy) is 1. The Morgan fingerprint density at radius 3 is 2.39 bits per heavy atom. The van der Waals surface area contributed by atoms with Gasteiger partial charge in [0.2, 0.25) is 11.8 Å². The van der Waals surface area contributed by atoms with Gasteiger partial charge in [-0.1, -0.05) is 6.07 Å². The van der Waals surface area contributed by atoms with E-state index in [-0.39, 0.29) is 24.7 Å². The van der Waals surface area contributed by atoms with Gasteiger partial charge >= 0.3 is 6.36 Å². The Morgan fingerprint density at radius 1 is 1.14 bits per heavy atom. The topological polar surface area (TPSA) is 87.7 Å². The van der Waals surface area contributed by atoms with E-state index < -0.39 is 23.9 Å². The van der Waals surface area contributed by atoms with Crippen LogP contribution in [0.15, 0.2) is 41.8 Å². The van der Waals surface area contributed by atoms with Gasteiger partial charge < -0.3 is 20.3 Å². The van der Waals surface area contributed by atoms with Crippen molar-refractivity contribution in [1.29, 1.82) is 0 Å². The van der Waals surface area contributed by atoms with Crippen LogP contribution in [0.4, 0.5) is 18.9 Å². The molecular weight excluding hydrogens is 399 g/mol. The monoisotopic (exact) mass is 415 g/mol. The van der Waals surface area contributed by atoms with Crippen LogP contribution >= 0.6 is 11.3 Å². The van der Waals surface area contributed by atoms with Crippen LogP contribution in [-0.2, 0) is 9.59 Å². The number of likely N-dealkylation sites (N-methyl/N-ethyl adjacent to an activating group) is 1. The van der Waals surface area contributed by atoms with Gasteiger partial charge in [0.1, 0.15) is 5.75 Å². The number of nitrogens with zero attached hydrogens (tertiary/aromatic N) is 1. The minimum absolute atomic E-state index is 0.242. The number of benzene rings is 1. The van der Waals surface area contributed by atoms with Crippen LogP contribution in [0.3, 0.4) is 0 Å². The molecule has 0 spiro atoms. The maximum atomic E-state index is 12.1. The molecule has 3 amide bonds. The number of hydrogen-bond acceptors (Lipinski definition) is 5. The Bertz CT molecular complexity index is 823. The van der Waals surface area contributed by atoms with E-state index in [1.54, 1.807) is 17.5 Å². The quantitative estimate of drug-likeness (QED) is 0.727. The lowest BCUT2D eigenvalue weighted by Gasteiger charge is -2.17. The maximum absolute atomic E-state index is 12.1. The molecule has 0 aliphatic heterocycles. The summed E-state index contributed by atoms with van der Waals surface area (Å²) in [6, 6.07) is 7.91. The van der Waals surface area contributed by atoms with E-state index in [4.69, 9.17) is 0 Å². The fraction of sp³-hybridized carbons (Fsp3) is 0.235. The summed E-state index contributed by atoms with van der Waals surface area (Å²) in [5.41, 5.74) is 0.242. The van der Waals surface area contributed by atoms with Crippen LogP contribution in [0.1, 0.15) is 9.67 Å². The average molecular weight is 415 g/mol. The van der Waals surface area contributed by atoms with Gasteiger partial charge in [0.25, 0.3) is 5.91 Å². The number of carbonyl (C=O) groups excluding carboxylic acids is 3. The van der Waals surface area contributed by atoms with Gasteiger partial charge in [0.05, 0.1) is 18.0 Å². The molecule has 0 radical (unpaired) electrons. The Kier molecular flexibility index (Phi) is 6.99. The Morgan fingerprint density at radius 2 is 1.82 bits per heavy atom. The molecule has 0 bridgehead atoms. The van der Waals surface area contributed by atoms with Gasteiger partial charge in [-0.3, -0.25) is 14.4 Å². The lowest BCUT2D eigenvalue weighted by Crippen LogP contribution is -2.41. The molecule has 0 unspecified atom stereocenters. The largest absolute Gasteiger partial charge is 0.573 e. The van der Waals surface area contributed by atoms with Crippen LogP contribution in [0, 0.1) is 0 Å². The summed E-state index contributed by atoms with van der Waals surface area (Å²) in [5.74, 6) is -1.83. The third kappa shape index (κ3) is 6.91. The second-order valence-corrected chi connectivity index (χ2v) is 6.48. The van der Waals surface area contributed by atoms with Crippen molar-refractivity contribution in [3.05, 3.63) is 46.7 Å². The number of hydrogen-bond donors (Lipinski definition) is 2. The van der Waals surface area contributed by atoms with E-state index in [1.807, 2.05) is 0 Å². The van der Waals surface area contributed by atoms with Crippen LogP contribution in [0.2, 0.25) is 0 Å². The van der Waals surface area contributed by atoms with E-state index in [9.17, 15) is 27.6 Å². The molecule has 0 saturated carbocycles. The summed E-state index contributed by atoms with van der Waals surface area (Å²) < 4.78 is 40.1. The number of anilines is 1. The maximum Gasteiger partial charge on any atom is 0.573 e. The smallest absolute Gasteiger partial charge is 0.406 e. The van der Waals surface area contributed by atoms with Crippen molar-refractivity contribution in [1.82, 2.24) is 10.2 Å². The molecule has 150 valence electrons. The molecular formula is C17H16F3N3O4S. The van der Waals surface area contributed by atoms with E-state index in [0.717, 1.165) is 17.0 Å². The molecule has 1 aromatic heterocycles. The first-order valence-electron chi connectivity index (χ1n) is 7.85. The highest BCUT2D eigenvalue weighted by atomic mass is 32.1. The summed E-state index contributed by atoms with van der Waals surface area (Å²) in [4.78, 5) is 37.3. The number of rotatable bonds is 7. The molecule has 2 rings (SSSR count). The predicted octanol–water partition coefficient (Wildman–Crippen LogP) is 2.47. The van der Waals surface area contributed by atoms with Crippen molar-refractivity contribution in [2.45, 2.75) is 6.36 Å². The van der Waals surface area contributed by atoms with Crippen LogP contribution in [0.5, 0.6) is 5.75 Å². The van der Waals surface area contributed by atoms with E-state index in [1.165, 1.54) is 30.5 Å². The second-order valence-electron chi connectivity index (χ2n) is 5.53. The molecule has 28 heavy (non-hydrogen) atoms. The number of nitrogens with one attached hydrogen (secondary N) is 2. The molecule has 2 N–H and O–H groups in total. The fourth-order valence-electron chi connectivity index (χ4n) is 2.03. The Labute approximate surface area is 162 Å². The first kappa shape index (κ1) is 21.2. The zero-order valence-corrected chi connectivity index (χ0v) is 15.4. The highest BCUT2D eigenvalue weighted by Gasteiger charge is 2.31. The van der Waals surface area contributed by atoms with Gasteiger partial charge in [-0.05, 0) is 35.7 Å². The van der Waals surface area contributed by atoms with Gasteiger partial charge in [-0.2, -0.15) is 0 Å². The van der Waals surface area contributed by atoms with E-state index >= 15 is 0 Å². The SMILES string of the molecule is CN(CC(=O)Nc1ccc(OC(F)(F)F)cc1)C(=O)CNC(=O)c1cccs1. The average Bonchev–Trinajstić information content (AvgIpc) is 3.14. The molecule has 7 nitrogen and oxygen atoms in total. The third-order valence-electron chi connectivity index (χ3n) is 3.32. The molecule has 11 heteroatoms. The number of halogens is 3. The van der Waals surface area contributed by atoms with Gasteiger partial charge in [-0.15, -0.1) is 24.5 Å². The molecule has 1 heterocycles. The molecule has 0 fully saturated rings. The van der Waals surface area contributed by atoms with Gasteiger partial charge in [0.15, 0.2) is 0 Å². The van der Waals surface area contributed by atoms with Crippen molar-refractivity contribution in [3.63, 3.8) is 0 Å². The minimum atomic E-state index is -4.80. The lowest BCUT2D eigenvalue weighted by molar-refractivity contribution is -0.274. The molecule has 1 aromatic carbocycles. The summed E-state index contributed by atoms with van der Waals surface area (Å²) in [5, 5.41) is 6.64. The summed E-state index contributed by atoms with van der Waals surface area (Å²) in [7, 11) is 1.39. The van der Waals surface area contributed by atoms with Crippen molar-refractivity contribution < 1.29 is 32.3 Å². The number of amides is 3. The van der Waals surface area contributed by atoms with Gasteiger partial charge in [-0.25, -0.2) is 0 Å². The first-order valence-corrected chi connectivity index (χ1v) is 8.73. The minimum Gasteiger partial charge on any atom is -0.406 e.